The van der Waals surface area contributed by atoms with Crippen molar-refractivity contribution in [1.29, 1.82) is 0 Å². The maximum absolute atomic E-state index is 6.23. The SMILES string of the molecule is CC(C)c1ccc2c(c1)[C@H]1OCCC[C@H]1C(c1ccsc1)N2. The zero-order valence-corrected chi connectivity index (χ0v) is 14.0. The lowest BCUT2D eigenvalue weighted by Gasteiger charge is -2.43. The van der Waals surface area contributed by atoms with E-state index in [1.54, 1.807) is 11.3 Å². The van der Waals surface area contributed by atoms with Crippen LogP contribution < -0.4 is 5.32 Å². The van der Waals surface area contributed by atoms with E-state index in [0.717, 1.165) is 6.61 Å². The molecule has 1 fully saturated rings. The molecule has 116 valence electrons. The van der Waals surface area contributed by atoms with Crippen molar-refractivity contribution in [2.45, 2.75) is 44.8 Å². The summed E-state index contributed by atoms with van der Waals surface area (Å²) in [7, 11) is 0. The molecule has 0 bridgehead atoms. The molecule has 22 heavy (non-hydrogen) atoms. The van der Waals surface area contributed by atoms with Crippen molar-refractivity contribution < 1.29 is 4.74 Å². The monoisotopic (exact) mass is 313 g/mol. The van der Waals surface area contributed by atoms with Crippen LogP contribution in [0.25, 0.3) is 0 Å². The highest BCUT2D eigenvalue weighted by Gasteiger charge is 2.39. The lowest BCUT2D eigenvalue weighted by Crippen LogP contribution is -2.35. The first kappa shape index (κ1) is 14.3. The van der Waals surface area contributed by atoms with E-state index in [4.69, 9.17) is 4.74 Å². The fourth-order valence-corrected chi connectivity index (χ4v) is 4.53. The zero-order valence-electron chi connectivity index (χ0n) is 13.2. The number of anilines is 1. The maximum atomic E-state index is 6.23. The Labute approximate surface area is 136 Å². The highest BCUT2D eigenvalue weighted by atomic mass is 32.1. The lowest BCUT2D eigenvalue weighted by atomic mass is 9.77. The Balaban J connectivity index is 1.77. The molecule has 2 aromatic rings. The van der Waals surface area contributed by atoms with E-state index in [2.05, 4.69) is 54.2 Å². The molecular weight excluding hydrogens is 290 g/mol. The van der Waals surface area contributed by atoms with E-state index in [1.807, 2.05) is 0 Å². The van der Waals surface area contributed by atoms with Crippen LogP contribution in [0, 0.1) is 5.92 Å². The van der Waals surface area contributed by atoms with E-state index in [0.29, 0.717) is 17.9 Å². The maximum Gasteiger partial charge on any atom is 0.0895 e. The Morgan fingerprint density at radius 3 is 2.95 bits per heavy atom. The van der Waals surface area contributed by atoms with Crippen molar-refractivity contribution in [3.05, 3.63) is 51.7 Å². The molecule has 0 radical (unpaired) electrons. The molecule has 4 rings (SSSR count). The summed E-state index contributed by atoms with van der Waals surface area (Å²) in [5.74, 6) is 1.10. The van der Waals surface area contributed by atoms with Crippen LogP contribution in [0.1, 0.15) is 61.4 Å². The number of thiophene rings is 1. The van der Waals surface area contributed by atoms with Crippen molar-refractivity contribution in [3.8, 4) is 0 Å². The first-order chi connectivity index (χ1) is 10.7. The van der Waals surface area contributed by atoms with Gasteiger partial charge in [-0.2, -0.15) is 11.3 Å². The minimum atomic E-state index is 0.244. The summed E-state index contributed by atoms with van der Waals surface area (Å²) in [5.41, 5.74) is 5.43. The van der Waals surface area contributed by atoms with E-state index in [9.17, 15) is 0 Å². The largest absolute Gasteiger partial charge is 0.378 e. The number of fused-ring (bicyclic) bond motifs is 3. The first-order valence-corrected chi connectivity index (χ1v) is 9.22. The van der Waals surface area contributed by atoms with Crippen LogP contribution in [0.15, 0.2) is 35.0 Å². The van der Waals surface area contributed by atoms with Crippen LogP contribution in [-0.2, 0) is 4.74 Å². The number of hydrogen-bond donors (Lipinski definition) is 1. The third kappa shape index (κ3) is 2.37. The Morgan fingerprint density at radius 2 is 2.18 bits per heavy atom. The van der Waals surface area contributed by atoms with Gasteiger partial charge in [0.2, 0.25) is 0 Å². The smallest absolute Gasteiger partial charge is 0.0895 e. The lowest BCUT2D eigenvalue weighted by molar-refractivity contribution is -0.0381. The summed E-state index contributed by atoms with van der Waals surface area (Å²) in [6.07, 6.45) is 2.65. The van der Waals surface area contributed by atoms with Gasteiger partial charge in [0.25, 0.3) is 0 Å². The molecular formula is C19H23NOS. The van der Waals surface area contributed by atoms with Gasteiger partial charge in [0.15, 0.2) is 0 Å². The van der Waals surface area contributed by atoms with Crippen molar-refractivity contribution in [3.63, 3.8) is 0 Å². The summed E-state index contributed by atoms with van der Waals surface area (Å²) in [5, 5.41) is 8.24. The van der Waals surface area contributed by atoms with Crippen LogP contribution in [0.3, 0.4) is 0 Å². The molecule has 1 aromatic carbocycles. The number of hydrogen-bond acceptors (Lipinski definition) is 3. The molecule has 0 spiro atoms. The fraction of sp³-hybridized carbons (Fsp3) is 0.474. The number of nitrogens with one attached hydrogen (secondary N) is 1. The van der Waals surface area contributed by atoms with E-state index in [-0.39, 0.29) is 6.10 Å². The summed E-state index contributed by atoms with van der Waals surface area (Å²) in [6, 6.07) is 9.50. The summed E-state index contributed by atoms with van der Waals surface area (Å²) < 4.78 is 6.23. The van der Waals surface area contributed by atoms with Gasteiger partial charge in [-0.15, -0.1) is 0 Å². The molecule has 2 aliphatic rings. The van der Waals surface area contributed by atoms with Gasteiger partial charge in [0, 0.05) is 23.8 Å². The minimum absolute atomic E-state index is 0.244. The van der Waals surface area contributed by atoms with Crippen molar-refractivity contribution in [1.82, 2.24) is 0 Å². The molecule has 1 N–H and O–H groups in total. The van der Waals surface area contributed by atoms with Gasteiger partial charge in [-0.25, -0.2) is 0 Å². The second-order valence-electron chi connectivity index (χ2n) is 6.78. The van der Waals surface area contributed by atoms with Gasteiger partial charge >= 0.3 is 0 Å². The van der Waals surface area contributed by atoms with Crippen LogP contribution in [0.2, 0.25) is 0 Å². The molecule has 1 saturated heterocycles. The minimum Gasteiger partial charge on any atom is -0.378 e. The molecule has 2 aliphatic heterocycles. The van der Waals surface area contributed by atoms with Gasteiger partial charge in [0.05, 0.1) is 12.1 Å². The quantitative estimate of drug-likeness (QED) is 0.789. The van der Waals surface area contributed by atoms with E-state index < -0.39 is 0 Å². The van der Waals surface area contributed by atoms with Crippen LogP contribution >= 0.6 is 11.3 Å². The van der Waals surface area contributed by atoms with Crippen molar-refractivity contribution >= 4 is 17.0 Å². The fourth-order valence-electron chi connectivity index (χ4n) is 3.83. The summed E-state index contributed by atoms with van der Waals surface area (Å²) >= 11 is 1.78. The number of rotatable bonds is 2. The number of benzene rings is 1. The molecule has 0 saturated carbocycles. The predicted molar refractivity (Wildman–Crippen MR) is 92.6 cm³/mol. The average molecular weight is 313 g/mol. The molecule has 1 aromatic heterocycles. The Hall–Kier alpha value is -1.32. The van der Waals surface area contributed by atoms with Crippen LogP contribution in [-0.4, -0.2) is 6.61 Å². The Bertz CT molecular complexity index is 649. The van der Waals surface area contributed by atoms with Gasteiger partial charge in [0.1, 0.15) is 0 Å². The third-order valence-electron chi connectivity index (χ3n) is 5.06. The molecule has 0 amide bonds. The van der Waals surface area contributed by atoms with Gasteiger partial charge in [-0.05, 0) is 52.8 Å². The van der Waals surface area contributed by atoms with Crippen molar-refractivity contribution in [2.75, 3.05) is 11.9 Å². The second kappa shape index (κ2) is 5.71. The van der Waals surface area contributed by atoms with Crippen LogP contribution in [0.5, 0.6) is 0 Å². The van der Waals surface area contributed by atoms with E-state index >= 15 is 0 Å². The normalized spacial score (nSPS) is 27.1. The van der Waals surface area contributed by atoms with Gasteiger partial charge < -0.3 is 10.1 Å². The molecule has 3 heterocycles. The molecule has 3 heteroatoms. The molecule has 0 aliphatic carbocycles. The van der Waals surface area contributed by atoms with Crippen LogP contribution in [0.4, 0.5) is 5.69 Å². The standard InChI is InChI=1S/C19H23NOS/c1-12(2)13-5-6-17-16(10-13)19-15(4-3-8-21-19)18(20-17)14-7-9-22-11-14/h5-7,9-12,15,18-20H,3-4,8H2,1-2H3/t15-,18?,19-/m0/s1. The van der Waals surface area contributed by atoms with Gasteiger partial charge in [-0.1, -0.05) is 26.0 Å². The Morgan fingerprint density at radius 1 is 1.27 bits per heavy atom. The van der Waals surface area contributed by atoms with E-state index in [1.165, 1.54) is 35.2 Å². The summed E-state index contributed by atoms with van der Waals surface area (Å²) in [4.78, 5) is 0. The number of ether oxygens (including phenoxy) is 1. The molecule has 1 unspecified atom stereocenters. The molecule has 2 nitrogen and oxygen atoms in total. The van der Waals surface area contributed by atoms with Gasteiger partial charge in [-0.3, -0.25) is 0 Å². The third-order valence-corrected chi connectivity index (χ3v) is 5.76. The highest BCUT2D eigenvalue weighted by Crippen LogP contribution is 2.49. The average Bonchev–Trinajstić information content (AvgIpc) is 3.08. The van der Waals surface area contributed by atoms with Crippen molar-refractivity contribution in [2.24, 2.45) is 5.92 Å². The summed E-state index contributed by atoms with van der Waals surface area (Å²) in [6.45, 7) is 5.40. The highest BCUT2D eigenvalue weighted by molar-refractivity contribution is 7.08. The zero-order chi connectivity index (χ0) is 15.1. The Kier molecular flexibility index (Phi) is 3.71. The molecule has 3 atom stereocenters. The topological polar surface area (TPSA) is 21.3 Å². The predicted octanol–water partition coefficient (Wildman–Crippen LogP) is 5.51. The second-order valence-corrected chi connectivity index (χ2v) is 7.56. The first-order valence-electron chi connectivity index (χ1n) is 8.28.